The first-order chi connectivity index (χ1) is 8.72. The maximum absolute atomic E-state index is 6.21. The van der Waals surface area contributed by atoms with Crippen LogP contribution in [0.5, 0.6) is 0 Å². The highest BCUT2D eigenvalue weighted by atomic mass is 35.5. The van der Waals surface area contributed by atoms with Gasteiger partial charge in [0.05, 0.1) is 0 Å². The molecule has 1 aromatic carbocycles. The molecule has 2 nitrogen and oxygen atoms in total. The standard InChI is InChI=1S/C14H16Cl2N2/c1-18-9-8-17-14(18)7-6-11(10-15)12-4-2-3-5-13(12)16/h2-5,8-9,11H,6-7,10H2,1H3. The van der Waals surface area contributed by atoms with Gasteiger partial charge in [0, 0.05) is 36.8 Å². The second kappa shape index (κ2) is 6.26. The molecule has 1 atom stereocenters. The minimum absolute atomic E-state index is 0.275. The van der Waals surface area contributed by atoms with Crippen molar-refractivity contribution in [2.75, 3.05) is 5.88 Å². The Morgan fingerprint density at radius 3 is 2.72 bits per heavy atom. The summed E-state index contributed by atoms with van der Waals surface area (Å²) in [4.78, 5) is 4.33. The van der Waals surface area contributed by atoms with E-state index >= 15 is 0 Å². The minimum atomic E-state index is 0.275. The molecule has 0 aliphatic heterocycles. The van der Waals surface area contributed by atoms with E-state index in [-0.39, 0.29) is 5.92 Å². The van der Waals surface area contributed by atoms with Crippen LogP contribution in [0.3, 0.4) is 0 Å². The lowest BCUT2D eigenvalue weighted by atomic mass is 9.96. The summed E-state index contributed by atoms with van der Waals surface area (Å²) in [6.07, 6.45) is 5.64. The Bertz CT molecular complexity index is 508. The highest BCUT2D eigenvalue weighted by Crippen LogP contribution is 2.28. The van der Waals surface area contributed by atoms with Gasteiger partial charge in [-0.25, -0.2) is 4.98 Å². The van der Waals surface area contributed by atoms with Crippen LogP contribution in [0.4, 0.5) is 0 Å². The van der Waals surface area contributed by atoms with Gasteiger partial charge < -0.3 is 4.57 Å². The Kier molecular flexibility index (Phi) is 4.67. The number of aryl methyl sites for hydroxylation is 2. The molecule has 0 saturated heterocycles. The third-order valence-electron chi connectivity index (χ3n) is 3.17. The molecule has 1 unspecified atom stereocenters. The van der Waals surface area contributed by atoms with Crippen LogP contribution >= 0.6 is 23.2 Å². The van der Waals surface area contributed by atoms with Crippen molar-refractivity contribution >= 4 is 23.2 Å². The number of hydrogen-bond donors (Lipinski definition) is 0. The molecular weight excluding hydrogens is 267 g/mol. The van der Waals surface area contributed by atoms with Gasteiger partial charge in [-0.3, -0.25) is 0 Å². The van der Waals surface area contributed by atoms with E-state index in [1.165, 1.54) is 0 Å². The fourth-order valence-corrected chi connectivity index (χ4v) is 2.67. The van der Waals surface area contributed by atoms with Crippen LogP contribution in [0.2, 0.25) is 5.02 Å². The smallest absolute Gasteiger partial charge is 0.108 e. The van der Waals surface area contributed by atoms with E-state index in [0.717, 1.165) is 29.3 Å². The van der Waals surface area contributed by atoms with E-state index < -0.39 is 0 Å². The Morgan fingerprint density at radius 2 is 2.11 bits per heavy atom. The van der Waals surface area contributed by atoms with Gasteiger partial charge in [0.1, 0.15) is 5.82 Å². The molecule has 4 heteroatoms. The number of aromatic nitrogens is 2. The van der Waals surface area contributed by atoms with Crippen LogP contribution in [-0.4, -0.2) is 15.4 Å². The molecule has 0 aliphatic rings. The van der Waals surface area contributed by atoms with E-state index in [0.29, 0.717) is 5.88 Å². The Morgan fingerprint density at radius 1 is 1.33 bits per heavy atom. The van der Waals surface area contributed by atoms with Crippen molar-refractivity contribution < 1.29 is 0 Å². The predicted molar refractivity (Wildman–Crippen MR) is 76.4 cm³/mol. The van der Waals surface area contributed by atoms with E-state index in [1.54, 1.807) is 0 Å². The topological polar surface area (TPSA) is 17.8 Å². The Balaban J connectivity index is 2.07. The molecule has 1 heterocycles. The maximum Gasteiger partial charge on any atom is 0.108 e. The van der Waals surface area contributed by atoms with Crippen molar-refractivity contribution in [1.82, 2.24) is 9.55 Å². The molecule has 1 aromatic heterocycles. The van der Waals surface area contributed by atoms with Crippen LogP contribution < -0.4 is 0 Å². The first kappa shape index (κ1) is 13.4. The van der Waals surface area contributed by atoms with Gasteiger partial charge in [-0.1, -0.05) is 29.8 Å². The van der Waals surface area contributed by atoms with Gasteiger partial charge in [-0.2, -0.15) is 0 Å². The number of hydrogen-bond acceptors (Lipinski definition) is 1. The van der Waals surface area contributed by atoms with Crippen molar-refractivity contribution in [3.63, 3.8) is 0 Å². The van der Waals surface area contributed by atoms with E-state index in [1.807, 2.05) is 48.3 Å². The Labute approximate surface area is 118 Å². The zero-order valence-electron chi connectivity index (χ0n) is 10.3. The fourth-order valence-electron chi connectivity index (χ4n) is 2.06. The second-order valence-corrected chi connectivity index (χ2v) is 5.08. The molecule has 2 aromatic rings. The summed E-state index contributed by atoms with van der Waals surface area (Å²) in [5.74, 6) is 1.93. The zero-order valence-corrected chi connectivity index (χ0v) is 11.8. The molecule has 0 fully saturated rings. The maximum atomic E-state index is 6.21. The number of halogens is 2. The van der Waals surface area contributed by atoms with Crippen LogP contribution in [-0.2, 0) is 13.5 Å². The molecule has 0 aliphatic carbocycles. The highest BCUT2D eigenvalue weighted by molar-refractivity contribution is 6.31. The highest BCUT2D eigenvalue weighted by Gasteiger charge is 2.14. The quantitative estimate of drug-likeness (QED) is 0.757. The van der Waals surface area contributed by atoms with Gasteiger partial charge in [0.25, 0.3) is 0 Å². The molecule has 0 bridgehead atoms. The van der Waals surface area contributed by atoms with Crippen molar-refractivity contribution in [2.24, 2.45) is 7.05 Å². The summed E-state index contributed by atoms with van der Waals surface area (Å²) in [7, 11) is 2.01. The summed E-state index contributed by atoms with van der Waals surface area (Å²) in [5.41, 5.74) is 1.13. The SMILES string of the molecule is Cn1ccnc1CCC(CCl)c1ccccc1Cl. The lowest BCUT2D eigenvalue weighted by molar-refractivity contribution is 0.646. The molecule has 0 N–H and O–H groups in total. The zero-order chi connectivity index (χ0) is 13.0. The predicted octanol–water partition coefficient (Wildman–Crippen LogP) is 4.03. The van der Waals surface area contributed by atoms with Crippen LogP contribution in [0.1, 0.15) is 23.7 Å². The molecule has 2 rings (SSSR count). The number of nitrogens with zero attached hydrogens (tertiary/aromatic N) is 2. The summed E-state index contributed by atoms with van der Waals surface area (Å²) in [6.45, 7) is 0. The van der Waals surface area contributed by atoms with Crippen LogP contribution in [0.25, 0.3) is 0 Å². The first-order valence-corrected chi connectivity index (χ1v) is 6.90. The molecular formula is C14H16Cl2N2. The van der Waals surface area contributed by atoms with E-state index in [2.05, 4.69) is 4.98 Å². The number of benzene rings is 1. The second-order valence-electron chi connectivity index (χ2n) is 4.37. The summed E-state index contributed by atoms with van der Waals surface area (Å²) < 4.78 is 2.04. The van der Waals surface area contributed by atoms with Crippen LogP contribution in [0.15, 0.2) is 36.7 Å². The molecule has 0 amide bonds. The monoisotopic (exact) mass is 282 g/mol. The largest absolute Gasteiger partial charge is 0.338 e. The van der Waals surface area contributed by atoms with E-state index in [9.17, 15) is 0 Å². The lowest BCUT2D eigenvalue weighted by Crippen LogP contribution is -2.06. The number of rotatable bonds is 5. The van der Waals surface area contributed by atoms with Crippen LogP contribution in [0, 0.1) is 0 Å². The molecule has 0 saturated carbocycles. The summed E-state index contributed by atoms with van der Waals surface area (Å²) >= 11 is 12.3. The third kappa shape index (κ3) is 3.06. The normalized spacial score (nSPS) is 12.6. The molecule has 18 heavy (non-hydrogen) atoms. The lowest BCUT2D eigenvalue weighted by Gasteiger charge is -2.15. The first-order valence-electron chi connectivity index (χ1n) is 5.99. The molecule has 96 valence electrons. The van der Waals surface area contributed by atoms with Gasteiger partial charge in [-0.15, -0.1) is 11.6 Å². The van der Waals surface area contributed by atoms with Gasteiger partial charge >= 0.3 is 0 Å². The van der Waals surface area contributed by atoms with E-state index in [4.69, 9.17) is 23.2 Å². The molecule has 0 spiro atoms. The van der Waals surface area contributed by atoms with Crippen molar-refractivity contribution in [3.05, 3.63) is 53.1 Å². The van der Waals surface area contributed by atoms with Crippen molar-refractivity contribution in [3.8, 4) is 0 Å². The van der Waals surface area contributed by atoms with Gasteiger partial charge in [0.2, 0.25) is 0 Å². The Hall–Kier alpha value is -0.990. The molecule has 0 radical (unpaired) electrons. The number of imidazole rings is 1. The average Bonchev–Trinajstić information content (AvgIpc) is 2.78. The minimum Gasteiger partial charge on any atom is -0.338 e. The van der Waals surface area contributed by atoms with Crippen molar-refractivity contribution in [2.45, 2.75) is 18.8 Å². The fraction of sp³-hybridized carbons (Fsp3) is 0.357. The van der Waals surface area contributed by atoms with Gasteiger partial charge in [-0.05, 0) is 24.0 Å². The van der Waals surface area contributed by atoms with Gasteiger partial charge in [0.15, 0.2) is 0 Å². The number of alkyl halides is 1. The average molecular weight is 283 g/mol. The summed E-state index contributed by atoms with van der Waals surface area (Å²) in [5, 5.41) is 0.794. The summed E-state index contributed by atoms with van der Waals surface area (Å²) in [6, 6.07) is 7.91. The van der Waals surface area contributed by atoms with Crippen molar-refractivity contribution in [1.29, 1.82) is 0 Å². The third-order valence-corrected chi connectivity index (χ3v) is 3.89.